The van der Waals surface area contributed by atoms with Crippen LogP contribution in [0.15, 0.2) is 115 Å². The van der Waals surface area contributed by atoms with Crippen LogP contribution in [0.2, 0.25) is 13.1 Å². The van der Waals surface area contributed by atoms with Crippen molar-refractivity contribution >= 4 is 52.1 Å². The highest BCUT2D eigenvalue weighted by Gasteiger charge is 2.27. The number of hydrogen-bond acceptors (Lipinski definition) is 3. The van der Waals surface area contributed by atoms with Gasteiger partial charge in [-0.3, -0.25) is 4.57 Å². The Balaban J connectivity index is 1.27. The third-order valence-electron chi connectivity index (χ3n) is 8.14. The van der Waals surface area contributed by atoms with E-state index >= 15 is 0 Å². The Morgan fingerprint density at radius 2 is 1.49 bits per heavy atom. The molecule has 0 N–H and O–H groups in total. The van der Waals surface area contributed by atoms with Crippen LogP contribution in [0.5, 0.6) is 0 Å². The maximum atomic E-state index is 4.72. The smallest absolute Gasteiger partial charge is 0.137 e. The summed E-state index contributed by atoms with van der Waals surface area (Å²) < 4.78 is 2.32. The van der Waals surface area contributed by atoms with E-state index < -0.39 is 8.07 Å². The molecule has 0 unspecified atom stereocenters. The number of para-hydroxylation sites is 3. The van der Waals surface area contributed by atoms with E-state index in [-0.39, 0.29) is 0 Å². The fourth-order valence-electron chi connectivity index (χ4n) is 6.17. The molecule has 1 aliphatic rings. The van der Waals surface area contributed by atoms with Crippen LogP contribution in [0.1, 0.15) is 5.56 Å². The average molecular weight is 525 g/mol. The van der Waals surface area contributed by atoms with Gasteiger partial charge in [0.05, 0.1) is 37.2 Å². The second kappa shape index (κ2) is 9.14. The van der Waals surface area contributed by atoms with Gasteiger partial charge in [0.2, 0.25) is 0 Å². The molecule has 192 valence electrons. The van der Waals surface area contributed by atoms with E-state index in [1.54, 1.807) is 0 Å². The van der Waals surface area contributed by atoms with E-state index in [2.05, 4.69) is 138 Å². The van der Waals surface area contributed by atoms with Crippen LogP contribution in [0.3, 0.4) is 0 Å². The van der Waals surface area contributed by atoms with Crippen LogP contribution >= 0.6 is 0 Å². The Kier molecular flexibility index (Phi) is 5.56. The predicted molar refractivity (Wildman–Crippen MR) is 168 cm³/mol. The molecular formula is C34H32N4Si. The molecule has 0 spiro atoms. The van der Waals surface area contributed by atoms with Crippen molar-refractivity contribution in [3.63, 3.8) is 0 Å². The first-order valence-electron chi connectivity index (χ1n) is 13.6. The van der Waals surface area contributed by atoms with Gasteiger partial charge < -0.3 is 9.80 Å². The van der Waals surface area contributed by atoms with Crippen LogP contribution in [-0.4, -0.2) is 31.3 Å². The summed E-state index contributed by atoms with van der Waals surface area (Å²) in [6, 6.07) is 40.9. The molecule has 0 amide bonds. The van der Waals surface area contributed by atoms with E-state index in [1.807, 2.05) is 12.3 Å². The standard InChI is InChI=1S/C34H32N4Si/c1-36-24-37(32-16-7-6-15-31(32)36)26-12-10-11-25(21-26)23-39(2,3)27-18-19-29-28-13-4-5-14-30(28)38(33(29)22-27)34-17-8-9-20-35-34/h4-22H,23-24H2,1-3H3. The van der Waals surface area contributed by atoms with Crippen LogP contribution in [0, 0.1) is 0 Å². The molecule has 7 rings (SSSR count). The second-order valence-corrected chi connectivity index (χ2v) is 16.0. The van der Waals surface area contributed by atoms with E-state index in [1.165, 1.54) is 49.6 Å². The zero-order valence-corrected chi connectivity index (χ0v) is 23.7. The lowest BCUT2D eigenvalue weighted by atomic mass is 10.1. The Morgan fingerprint density at radius 1 is 0.718 bits per heavy atom. The molecule has 0 atom stereocenters. The maximum absolute atomic E-state index is 4.72. The number of hydrogen-bond donors (Lipinski definition) is 0. The summed E-state index contributed by atoms with van der Waals surface area (Å²) in [4.78, 5) is 9.45. The first-order valence-corrected chi connectivity index (χ1v) is 16.8. The highest BCUT2D eigenvalue weighted by molar-refractivity contribution is 6.89. The van der Waals surface area contributed by atoms with Gasteiger partial charge in [-0.2, -0.15) is 0 Å². The molecule has 4 nitrogen and oxygen atoms in total. The van der Waals surface area contributed by atoms with Gasteiger partial charge in [0, 0.05) is 29.7 Å². The minimum atomic E-state index is -1.82. The zero-order chi connectivity index (χ0) is 26.6. The number of pyridine rings is 1. The molecule has 0 radical (unpaired) electrons. The van der Waals surface area contributed by atoms with Crippen LogP contribution in [0.25, 0.3) is 27.6 Å². The van der Waals surface area contributed by atoms with Crippen molar-refractivity contribution in [2.75, 3.05) is 23.5 Å². The highest BCUT2D eigenvalue weighted by Crippen LogP contribution is 2.39. The normalized spacial score (nSPS) is 13.4. The van der Waals surface area contributed by atoms with Gasteiger partial charge in [-0.15, -0.1) is 0 Å². The Labute approximate surface area is 230 Å². The van der Waals surface area contributed by atoms with E-state index in [0.717, 1.165) is 18.5 Å². The minimum absolute atomic E-state index is 0.873. The minimum Gasteiger partial charge on any atom is -0.355 e. The average Bonchev–Trinajstić information content (AvgIpc) is 3.48. The summed E-state index contributed by atoms with van der Waals surface area (Å²) >= 11 is 0. The Hall–Kier alpha value is -4.35. The number of nitrogens with zero attached hydrogens (tertiary/aromatic N) is 4. The molecule has 4 aromatic carbocycles. The predicted octanol–water partition coefficient (Wildman–Crippen LogP) is 7.42. The lowest BCUT2D eigenvalue weighted by molar-refractivity contribution is 0.949. The zero-order valence-electron chi connectivity index (χ0n) is 22.7. The van der Waals surface area contributed by atoms with Crippen LogP contribution in [0.4, 0.5) is 17.1 Å². The summed E-state index contributed by atoms with van der Waals surface area (Å²) in [6.45, 7) is 5.86. The van der Waals surface area contributed by atoms with Gasteiger partial charge in [0.15, 0.2) is 0 Å². The fraction of sp³-hybridized carbons (Fsp3) is 0.147. The molecular weight excluding hydrogens is 492 g/mol. The number of rotatable bonds is 5. The first kappa shape index (κ1) is 23.7. The number of anilines is 3. The topological polar surface area (TPSA) is 24.3 Å². The van der Waals surface area contributed by atoms with Crippen molar-refractivity contribution in [1.82, 2.24) is 9.55 Å². The molecule has 1 aliphatic heterocycles. The highest BCUT2D eigenvalue weighted by atomic mass is 28.3. The maximum Gasteiger partial charge on any atom is 0.137 e. The summed E-state index contributed by atoms with van der Waals surface area (Å²) in [5.74, 6) is 0.962. The van der Waals surface area contributed by atoms with Gasteiger partial charge in [-0.05, 0) is 60.1 Å². The largest absolute Gasteiger partial charge is 0.355 e. The van der Waals surface area contributed by atoms with Crippen molar-refractivity contribution in [1.29, 1.82) is 0 Å². The van der Waals surface area contributed by atoms with Crippen molar-refractivity contribution in [2.24, 2.45) is 0 Å². The number of fused-ring (bicyclic) bond motifs is 4. The van der Waals surface area contributed by atoms with Crippen molar-refractivity contribution < 1.29 is 0 Å². The molecule has 6 aromatic rings. The SMILES string of the molecule is CN1CN(c2cccc(C[Si](C)(C)c3ccc4c5ccccc5n(-c5ccccn5)c4c3)c2)c2ccccc21. The van der Waals surface area contributed by atoms with Gasteiger partial charge in [-0.25, -0.2) is 4.98 Å². The number of benzene rings is 4. The van der Waals surface area contributed by atoms with E-state index in [4.69, 9.17) is 4.98 Å². The second-order valence-electron chi connectivity index (χ2n) is 11.3. The Bertz CT molecular complexity index is 1820. The lowest BCUT2D eigenvalue weighted by Crippen LogP contribution is -2.44. The third kappa shape index (κ3) is 4.01. The number of aromatic nitrogens is 2. The summed E-state index contributed by atoms with van der Waals surface area (Å²) in [5, 5.41) is 4.02. The third-order valence-corrected chi connectivity index (χ3v) is 11.3. The van der Waals surface area contributed by atoms with Crippen LogP contribution in [-0.2, 0) is 6.04 Å². The molecule has 5 heteroatoms. The molecule has 39 heavy (non-hydrogen) atoms. The Morgan fingerprint density at radius 3 is 2.33 bits per heavy atom. The van der Waals surface area contributed by atoms with Crippen LogP contribution < -0.4 is 15.0 Å². The van der Waals surface area contributed by atoms with E-state index in [9.17, 15) is 0 Å². The quantitative estimate of drug-likeness (QED) is 0.219. The first-order chi connectivity index (χ1) is 19.0. The van der Waals surface area contributed by atoms with E-state index in [0.29, 0.717) is 0 Å². The van der Waals surface area contributed by atoms with Gasteiger partial charge in [0.1, 0.15) is 5.82 Å². The van der Waals surface area contributed by atoms with Crippen molar-refractivity contribution in [3.05, 3.63) is 121 Å². The molecule has 0 saturated carbocycles. The molecule has 3 heterocycles. The fourth-order valence-corrected chi connectivity index (χ4v) is 8.68. The van der Waals surface area contributed by atoms with Gasteiger partial charge >= 0.3 is 0 Å². The van der Waals surface area contributed by atoms with Gasteiger partial charge in [0.25, 0.3) is 0 Å². The van der Waals surface area contributed by atoms with Gasteiger partial charge in [-0.1, -0.05) is 78.9 Å². The summed E-state index contributed by atoms with van der Waals surface area (Å²) in [6.07, 6.45) is 1.88. The molecule has 0 bridgehead atoms. The monoisotopic (exact) mass is 524 g/mol. The summed E-state index contributed by atoms with van der Waals surface area (Å²) in [7, 11) is 0.345. The molecule has 2 aromatic heterocycles. The molecule has 0 aliphatic carbocycles. The molecule has 0 saturated heterocycles. The van der Waals surface area contributed by atoms with Crippen molar-refractivity contribution in [3.8, 4) is 5.82 Å². The lowest BCUT2D eigenvalue weighted by Gasteiger charge is -2.25. The van der Waals surface area contributed by atoms with Crippen molar-refractivity contribution in [2.45, 2.75) is 19.1 Å². The summed E-state index contributed by atoms with van der Waals surface area (Å²) in [5.41, 5.74) is 7.67. The molecule has 0 fully saturated rings.